The number of carbonyl (C=O) groups is 1. The molecule has 310 valence electrons. The van der Waals surface area contributed by atoms with E-state index in [9.17, 15) is 4.79 Å². The Balaban J connectivity index is 1.08. The van der Waals surface area contributed by atoms with Crippen LogP contribution in [0.15, 0.2) is 0 Å². The normalized spacial score (nSPS) is 22.8. The van der Waals surface area contributed by atoms with E-state index in [1.165, 1.54) is 0 Å². The SMILES string of the molecule is CC(C)(C)OC(=O)CCN1CC23c4c5c6c7c8c9c(c%10c%11c2c2c4c4c%12c5c5c6c6c8c8c%13c9c9c%10c%10c%11c%11c2c2c4c4c%12c%12c5c5c6c8c6c8c%13c9c9c%10c%10c%11c2c2c4c4c%12c5c6c5c8c9c%10c2c45)C73C1. The Bertz CT molecular complexity index is 6690. The predicted molar refractivity (Wildman–Crippen MR) is 301 cm³/mol. The lowest BCUT2D eigenvalue weighted by molar-refractivity contribution is -0.155. The molecule has 3 heteroatoms. The van der Waals surface area contributed by atoms with Crippen LogP contribution in [0.3, 0.4) is 0 Å². The quantitative estimate of drug-likeness (QED) is 0.131. The lowest BCUT2D eigenvalue weighted by Gasteiger charge is -2.49. The molecule has 5 aliphatic rings. The molecule has 1 fully saturated rings. The van der Waals surface area contributed by atoms with Crippen LogP contribution in [0.25, 0.3) is 291 Å². The summed E-state index contributed by atoms with van der Waals surface area (Å²) < 4.78 is 6.14. The monoisotopic (exact) mass is 891 g/mol. The molecule has 72 heavy (non-hydrogen) atoms. The van der Waals surface area contributed by atoms with E-state index in [4.69, 9.17) is 4.74 Å². The molecule has 0 unspecified atom stereocenters. The van der Waals surface area contributed by atoms with E-state index in [0.717, 1.165) is 19.6 Å². The third kappa shape index (κ3) is 1.55. The van der Waals surface area contributed by atoms with Crippen LogP contribution in [0.5, 0.6) is 0 Å². The molecular formula is C69H17NO2. The molecular weight excluding hydrogens is 875 g/mol. The van der Waals surface area contributed by atoms with Crippen molar-refractivity contribution in [1.29, 1.82) is 0 Å². The van der Waals surface area contributed by atoms with Crippen molar-refractivity contribution in [3.05, 3.63) is 22.3 Å². The van der Waals surface area contributed by atoms with Gasteiger partial charge in [-0.05, 0) is 334 Å². The van der Waals surface area contributed by atoms with Crippen molar-refractivity contribution in [2.24, 2.45) is 0 Å². The van der Waals surface area contributed by atoms with Gasteiger partial charge in [-0.2, -0.15) is 0 Å². The Kier molecular flexibility index (Phi) is 2.47. The Hall–Kier alpha value is -8.11. The van der Waals surface area contributed by atoms with Crippen molar-refractivity contribution in [2.45, 2.75) is 43.6 Å². The number of rotatable bonds is 3. The molecule has 2 spiro atoms. The maximum Gasteiger partial charge on any atom is 0.307 e. The van der Waals surface area contributed by atoms with Crippen molar-refractivity contribution < 1.29 is 9.53 Å². The van der Waals surface area contributed by atoms with Crippen LogP contribution in [0.2, 0.25) is 0 Å². The average molecular weight is 892 g/mol. The summed E-state index contributed by atoms with van der Waals surface area (Å²) >= 11 is 0. The summed E-state index contributed by atoms with van der Waals surface area (Å²) in [6, 6.07) is 0. The maximum absolute atomic E-state index is 14.0. The van der Waals surface area contributed by atoms with E-state index < -0.39 is 5.60 Å². The fraction of sp³-hybridized carbons (Fsp3) is 0.145. The minimum Gasteiger partial charge on any atom is -0.460 e. The van der Waals surface area contributed by atoms with Gasteiger partial charge in [0.05, 0.1) is 17.3 Å². The lowest BCUT2D eigenvalue weighted by Crippen LogP contribution is -2.51. The molecule has 28 aromatic rings. The molecule has 0 bridgehead atoms. The Labute approximate surface area is 394 Å². The fourth-order valence-electron chi connectivity index (χ4n) is 25.7. The van der Waals surface area contributed by atoms with Crippen LogP contribution >= 0.6 is 0 Å². The second-order valence-electron chi connectivity index (χ2n) is 27.6. The van der Waals surface area contributed by atoms with Gasteiger partial charge >= 0.3 is 5.97 Å². The van der Waals surface area contributed by atoms with Gasteiger partial charge in [-0.15, -0.1) is 0 Å². The largest absolute Gasteiger partial charge is 0.460 e. The van der Waals surface area contributed by atoms with Crippen molar-refractivity contribution in [3.8, 4) is 0 Å². The zero-order valence-electron chi connectivity index (χ0n) is 38.1. The molecule has 0 aromatic heterocycles. The van der Waals surface area contributed by atoms with Gasteiger partial charge < -0.3 is 9.64 Å². The first kappa shape index (κ1) is 28.1. The minimum absolute atomic E-state index is 0.0654. The highest BCUT2D eigenvalue weighted by Gasteiger charge is 2.72. The molecule has 3 nitrogen and oxygen atoms in total. The Morgan fingerprint density at radius 3 is 0.611 bits per heavy atom. The molecule has 0 amide bonds. The van der Waals surface area contributed by atoms with Crippen molar-refractivity contribution in [2.75, 3.05) is 19.6 Å². The molecule has 0 saturated carbocycles. The van der Waals surface area contributed by atoms with Gasteiger partial charge in [0.1, 0.15) is 5.60 Å². The first-order chi connectivity index (χ1) is 35.4. The van der Waals surface area contributed by atoms with E-state index >= 15 is 0 Å². The highest BCUT2D eigenvalue weighted by Crippen LogP contribution is 2.85. The van der Waals surface area contributed by atoms with Crippen LogP contribution in [0, 0.1) is 0 Å². The van der Waals surface area contributed by atoms with Crippen molar-refractivity contribution in [3.63, 3.8) is 0 Å². The molecule has 4 aliphatic carbocycles. The van der Waals surface area contributed by atoms with E-state index in [2.05, 4.69) is 4.90 Å². The van der Waals surface area contributed by atoms with Gasteiger partial charge in [-0.1, -0.05) is 0 Å². The van der Waals surface area contributed by atoms with Crippen LogP contribution in [0.1, 0.15) is 49.4 Å². The van der Waals surface area contributed by atoms with Gasteiger partial charge in [-0.3, -0.25) is 4.79 Å². The first-order valence-electron chi connectivity index (χ1n) is 27.1. The van der Waals surface area contributed by atoms with Crippen LogP contribution in [-0.4, -0.2) is 36.1 Å². The first-order valence-corrected chi connectivity index (χ1v) is 27.1. The number of ether oxygens (including phenoxy) is 1. The summed E-state index contributed by atoms with van der Waals surface area (Å²) in [4.78, 5) is 16.8. The molecule has 1 saturated heterocycles. The van der Waals surface area contributed by atoms with Gasteiger partial charge in [0, 0.05) is 19.6 Å². The van der Waals surface area contributed by atoms with Crippen LogP contribution in [0.4, 0.5) is 0 Å². The summed E-state index contributed by atoms with van der Waals surface area (Å²) in [5.41, 5.74) is 5.80. The second-order valence-corrected chi connectivity index (χ2v) is 27.6. The number of hydrogen-bond acceptors (Lipinski definition) is 3. The highest BCUT2D eigenvalue weighted by atomic mass is 16.6. The minimum atomic E-state index is -0.507. The summed E-state index contributed by atoms with van der Waals surface area (Å²) in [7, 11) is 0. The second kappa shape index (κ2) is 6.34. The molecule has 28 aromatic carbocycles. The third-order valence-electron chi connectivity index (χ3n) is 25.7. The number of hydrogen-bond donors (Lipinski definition) is 0. The average Bonchev–Trinajstić information content (AvgIpc) is 4.25. The molecule has 0 N–H and O–H groups in total. The number of esters is 1. The van der Waals surface area contributed by atoms with Crippen molar-refractivity contribution >= 4 is 297 Å². The fourth-order valence-corrected chi connectivity index (χ4v) is 25.7. The lowest BCUT2D eigenvalue weighted by atomic mass is 9.50. The van der Waals surface area contributed by atoms with Gasteiger partial charge in [-0.25, -0.2) is 0 Å². The van der Waals surface area contributed by atoms with E-state index in [0.29, 0.717) is 6.42 Å². The highest BCUT2D eigenvalue weighted by molar-refractivity contribution is 6.82. The molecule has 0 radical (unpaired) electrons. The van der Waals surface area contributed by atoms with E-state index in [1.807, 2.05) is 20.8 Å². The molecule has 1 heterocycles. The van der Waals surface area contributed by atoms with Gasteiger partial charge in [0.25, 0.3) is 0 Å². The predicted octanol–water partition coefficient (Wildman–Crippen LogP) is 17.3. The van der Waals surface area contributed by atoms with Gasteiger partial charge in [0.2, 0.25) is 0 Å². The number of benzene rings is 18. The van der Waals surface area contributed by atoms with Crippen LogP contribution in [-0.2, 0) is 20.4 Å². The zero-order chi connectivity index (χ0) is 43.7. The number of nitrogens with zero attached hydrogens (tertiary/aromatic N) is 1. The molecule has 33 rings (SSSR count). The van der Waals surface area contributed by atoms with Crippen LogP contribution < -0.4 is 0 Å². The summed E-state index contributed by atoms with van der Waals surface area (Å²) in [5.74, 6) is -0.0654. The Morgan fingerprint density at radius 2 is 0.458 bits per heavy atom. The Morgan fingerprint density at radius 1 is 0.306 bits per heavy atom. The standard InChI is InChI=1S/C69H17NO2/c1-67(2,3)72-8(71)4-5-70-6-68-63-55-47-37-27-19-11-9-10-13-17-15(11)23-31-25(17)35-29-21(13)22-14(10)18-16-12(9)20(19)28-34-24(16)32-26(18)36-30(22)40-39(29)49-43(35)53-45(31)51(41(47)33(23)27)59(63)61(53)65-57(49)58-50(40)44(36)54-46(32)52-42(34)48(38(28)37)56(55)64(68)60(52)62(54)66(58)69(65,68)7-70/h4-7H2,1-3H3. The smallest absolute Gasteiger partial charge is 0.307 e. The van der Waals surface area contributed by atoms with Crippen molar-refractivity contribution in [1.82, 2.24) is 4.90 Å². The third-order valence-corrected chi connectivity index (χ3v) is 25.7. The molecule has 0 atom stereocenters. The van der Waals surface area contributed by atoms with E-state index in [-0.39, 0.29) is 16.8 Å². The van der Waals surface area contributed by atoms with Gasteiger partial charge in [0.15, 0.2) is 0 Å². The summed E-state index contributed by atoms with van der Waals surface area (Å²) in [6.45, 7) is 8.70. The summed E-state index contributed by atoms with van der Waals surface area (Å²) in [5, 5.41) is 88.8. The van der Waals surface area contributed by atoms with E-state index in [1.54, 1.807) is 313 Å². The number of likely N-dealkylation sites (tertiary alicyclic amines) is 1. The maximum atomic E-state index is 14.0. The molecule has 1 aliphatic heterocycles. The zero-order valence-corrected chi connectivity index (χ0v) is 38.1. The summed E-state index contributed by atoms with van der Waals surface area (Å²) in [6.07, 6.45) is 0.419. The topological polar surface area (TPSA) is 29.5 Å². The number of carbonyl (C=O) groups excluding carboxylic acids is 1.